The summed E-state index contributed by atoms with van der Waals surface area (Å²) in [6, 6.07) is 10.2. The summed E-state index contributed by atoms with van der Waals surface area (Å²) in [5.41, 5.74) is 1.19. The number of nitrogens with one attached hydrogen (secondary N) is 1. The summed E-state index contributed by atoms with van der Waals surface area (Å²) in [6.45, 7) is 4.38. The second-order valence-corrected chi connectivity index (χ2v) is 5.08. The molecule has 0 aliphatic heterocycles. The molecule has 0 amide bonds. The van der Waals surface area contributed by atoms with Crippen LogP contribution in [-0.2, 0) is 6.42 Å². The first-order valence-corrected chi connectivity index (χ1v) is 6.86. The summed E-state index contributed by atoms with van der Waals surface area (Å²) >= 11 is 0. The van der Waals surface area contributed by atoms with Gasteiger partial charge < -0.3 is 10.1 Å². The number of rotatable bonds is 6. The van der Waals surface area contributed by atoms with Gasteiger partial charge in [0.2, 0.25) is 5.95 Å². The number of para-hydroxylation sites is 1. The van der Waals surface area contributed by atoms with E-state index < -0.39 is 0 Å². The lowest BCUT2D eigenvalue weighted by Crippen LogP contribution is -2.29. The molecule has 0 aliphatic rings. The van der Waals surface area contributed by atoms with Crippen molar-refractivity contribution in [2.75, 3.05) is 12.4 Å². The fourth-order valence-corrected chi connectivity index (χ4v) is 2.10. The van der Waals surface area contributed by atoms with Crippen LogP contribution in [-0.4, -0.2) is 23.1 Å². The lowest BCUT2D eigenvalue weighted by Gasteiger charge is -2.23. The van der Waals surface area contributed by atoms with Crippen LogP contribution in [0.3, 0.4) is 0 Å². The molecule has 1 N–H and O–H groups in total. The van der Waals surface area contributed by atoms with E-state index in [0.717, 1.165) is 12.2 Å². The Morgan fingerprint density at radius 3 is 2.45 bits per heavy atom. The monoisotopic (exact) mass is 271 g/mol. The summed E-state index contributed by atoms with van der Waals surface area (Å²) in [5, 5.41) is 3.40. The van der Waals surface area contributed by atoms with E-state index in [9.17, 15) is 0 Å². The highest BCUT2D eigenvalue weighted by Gasteiger charge is 2.16. The van der Waals surface area contributed by atoms with Crippen molar-refractivity contribution in [2.45, 2.75) is 26.3 Å². The van der Waals surface area contributed by atoms with E-state index in [4.69, 9.17) is 4.74 Å². The number of anilines is 1. The molecule has 0 spiro atoms. The standard InChI is InChI=1S/C16H21N3O/c1-12(2)14(19-16-17-9-6-10-18-16)11-13-7-4-5-8-15(13)20-3/h4-10,12,14H,11H2,1-3H3,(H,17,18,19). The zero-order chi connectivity index (χ0) is 14.4. The molecule has 4 nitrogen and oxygen atoms in total. The molecule has 20 heavy (non-hydrogen) atoms. The molecule has 0 saturated carbocycles. The van der Waals surface area contributed by atoms with Gasteiger partial charge in [-0.1, -0.05) is 32.0 Å². The van der Waals surface area contributed by atoms with Gasteiger partial charge in [0.1, 0.15) is 5.75 Å². The lowest BCUT2D eigenvalue weighted by atomic mass is 9.96. The fourth-order valence-electron chi connectivity index (χ4n) is 2.10. The average Bonchev–Trinajstić information content (AvgIpc) is 2.48. The molecule has 4 heteroatoms. The predicted octanol–water partition coefficient (Wildman–Crippen LogP) is 3.16. The van der Waals surface area contributed by atoms with Crippen LogP contribution in [0.5, 0.6) is 5.75 Å². The molecule has 0 fully saturated rings. The Hall–Kier alpha value is -2.10. The fraction of sp³-hybridized carbons (Fsp3) is 0.375. The normalized spacial score (nSPS) is 12.2. The Morgan fingerprint density at radius 1 is 1.10 bits per heavy atom. The number of benzene rings is 1. The minimum absolute atomic E-state index is 0.258. The van der Waals surface area contributed by atoms with Gasteiger partial charge in [0.05, 0.1) is 7.11 Å². The van der Waals surface area contributed by atoms with Crippen LogP contribution in [0, 0.1) is 5.92 Å². The molecule has 1 heterocycles. The molecule has 1 unspecified atom stereocenters. The molecular formula is C16H21N3O. The highest BCUT2D eigenvalue weighted by molar-refractivity contribution is 5.35. The SMILES string of the molecule is COc1ccccc1CC(Nc1ncccn1)C(C)C. The molecule has 1 atom stereocenters. The van der Waals surface area contributed by atoms with Crippen molar-refractivity contribution in [2.24, 2.45) is 5.92 Å². The smallest absolute Gasteiger partial charge is 0.222 e. The van der Waals surface area contributed by atoms with Crippen molar-refractivity contribution in [3.05, 3.63) is 48.3 Å². The van der Waals surface area contributed by atoms with Crippen LogP contribution >= 0.6 is 0 Å². The van der Waals surface area contributed by atoms with Gasteiger partial charge in [0, 0.05) is 18.4 Å². The van der Waals surface area contributed by atoms with E-state index in [0.29, 0.717) is 11.9 Å². The maximum atomic E-state index is 5.42. The van der Waals surface area contributed by atoms with E-state index in [1.165, 1.54) is 5.56 Å². The topological polar surface area (TPSA) is 47.0 Å². The number of hydrogen-bond acceptors (Lipinski definition) is 4. The van der Waals surface area contributed by atoms with Gasteiger partial charge in [0.15, 0.2) is 0 Å². The minimum Gasteiger partial charge on any atom is -0.496 e. The number of methoxy groups -OCH3 is 1. The average molecular weight is 271 g/mol. The third-order valence-electron chi connectivity index (χ3n) is 3.32. The molecule has 0 saturated heterocycles. The first-order chi connectivity index (χ1) is 9.70. The first-order valence-electron chi connectivity index (χ1n) is 6.86. The Balaban J connectivity index is 2.13. The molecule has 0 aliphatic carbocycles. The van der Waals surface area contributed by atoms with Gasteiger partial charge in [0.25, 0.3) is 0 Å². The van der Waals surface area contributed by atoms with E-state index >= 15 is 0 Å². The van der Waals surface area contributed by atoms with Gasteiger partial charge in [-0.2, -0.15) is 0 Å². The van der Waals surface area contributed by atoms with Crippen LogP contribution in [0.15, 0.2) is 42.7 Å². The number of hydrogen-bond donors (Lipinski definition) is 1. The Morgan fingerprint density at radius 2 is 1.80 bits per heavy atom. The second-order valence-electron chi connectivity index (χ2n) is 5.08. The number of nitrogens with zero attached hydrogens (tertiary/aromatic N) is 2. The van der Waals surface area contributed by atoms with Crippen LogP contribution in [0.4, 0.5) is 5.95 Å². The third-order valence-corrected chi connectivity index (χ3v) is 3.32. The van der Waals surface area contributed by atoms with Gasteiger partial charge in [-0.25, -0.2) is 9.97 Å². The van der Waals surface area contributed by atoms with Gasteiger partial charge in [-0.3, -0.25) is 0 Å². The summed E-state index contributed by atoms with van der Waals surface area (Å²) in [6.07, 6.45) is 4.37. The van der Waals surface area contributed by atoms with Gasteiger partial charge in [-0.05, 0) is 30.0 Å². The van der Waals surface area contributed by atoms with E-state index in [-0.39, 0.29) is 6.04 Å². The third kappa shape index (κ3) is 3.70. The highest BCUT2D eigenvalue weighted by Crippen LogP contribution is 2.22. The molecule has 1 aromatic carbocycles. The largest absolute Gasteiger partial charge is 0.496 e. The second kappa shape index (κ2) is 6.89. The predicted molar refractivity (Wildman–Crippen MR) is 81.0 cm³/mol. The lowest BCUT2D eigenvalue weighted by molar-refractivity contribution is 0.405. The van der Waals surface area contributed by atoms with Crippen molar-refractivity contribution in [1.29, 1.82) is 0 Å². The number of aromatic nitrogens is 2. The van der Waals surface area contributed by atoms with Crippen molar-refractivity contribution >= 4 is 5.95 Å². The maximum Gasteiger partial charge on any atom is 0.222 e. The van der Waals surface area contributed by atoms with E-state index in [1.54, 1.807) is 19.5 Å². The van der Waals surface area contributed by atoms with Crippen molar-refractivity contribution in [3.8, 4) is 5.75 Å². The first kappa shape index (κ1) is 14.3. The molecule has 106 valence electrons. The molecule has 2 aromatic rings. The Kier molecular flexibility index (Phi) is 4.93. The van der Waals surface area contributed by atoms with Gasteiger partial charge >= 0.3 is 0 Å². The summed E-state index contributed by atoms with van der Waals surface area (Å²) in [7, 11) is 1.71. The highest BCUT2D eigenvalue weighted by atomic mass is 16.5. The zero-order valence-electron chi connectivity index (χ0n) is 12.2. The molecule has 0 radical (unpaired) electrons. The van der Waals surface area contributed by atoms with Crippen LogP contribution < -0.4 is 10.1 Å². The quantitative estimate of drug-likeness (QED) is 0.876. The molecule has 0 bridgehead atoms. The van der Waals surface area contributed by atoms with E-state index in [2.05, 4.69) is 35.2 Å². The van der Waals surface area contributed by atoms with Crippen LogP contribution in [0.1, 0.15) is 19.4 Å². The van der Waals surface area contributed by atoms with Crippen molar-refractivity contribution in [1.82, 2.24) is 9.97 Å². The molecule has 1 aromatic heterocycles. The molecule has 2 rings (SSSR count). The minimum atomic E-state index is 0.258. The Bertz CT molecular complexity index is 528. The Labute approximate surface area is 120 Å². The van der Waals surface area contributed by atoms with Crippen molar-refractivity contribution < 1.29 is 4.74 Å². The van der Waals surface area contributed by atoms with E-state index in [1.807, 2.05) is 24.3 Å². The van der Waals surface area contributed by atoms with Gasteiger partial charge in [-0.15, -0.1) is 0 Å². The number of ether oxygens (including phenoxy) is 1. The van der Waals surface area contributed by atoms with Crippen LogP contribution in [0.25, 0.3) is 0 Å². The van der Waals surface area contributed by atoms with Crippen LogP contribution in [0.2, 0.25) is 0 Å². The summed E-state index contributed by atoms with van der Waals surface area (Å²) < 4.78 is 5.42. The zero-order valence-corrected chi connectivity index (χ0v) is 12.2. The summed E-state index contributed by atoms with van der Waals surface area (Å²) in [5.74, 6) is 2.05. The van der Waals surface area contributed by atoms with Crippen molar-refractivity contribution in [3.63, 3.8) is 0 Å². The maximum absolute atomic E-state index is 5.42. The molecular weight excluding hydrogens is 250 g/mol. The summed E-state index contributed by atoms with van der Waals surface area (Å²) in [4.78, 5) is 8.46.